The van der Waals surface area contributed by atoms with Gasteiger partial charge in [0.25, 0.3) is 0 Å². The summed E-state index contributed by atoms with van der Waals surface area (Å²) in [4.78, 5) is 12.7. The van der Waals surface area contributed by atoms with Crippen LogP contribution in [0.3, 0.4) is 0 Å². The molecule has 0 radical (unpaired) electrons. The van der Waals surface area contributed by atoms with Gasteiger partial charge in [0.2, 0.25) is 0 Å². The van der Waals surface area contributed by atoms with E-state index in [1.807, 2.05) is 13.0 Å². The smallest absolute Gasteiger partial charge is 0.371 e. The highest BCUT2D eigenvalue weighted by atomic mass is 32.2. The second-order valence-corrected chi connectivity index (χ2v) is 9.24. The van der Waals surface area contributed by atoms with E-state index in [2.05, 4.69) is 6.07 Å². The number of ketones is 1. The monoisotopic (exact) mass is 374 g/mol. The number of hydrogen-bond donors (Lipinski definition) is 1. The van der Waals surface area contributed by atoms with Crippen LogP contribution in [0.4, 0.5) is 0 Å². The summed E-state index contributed by atoms with van der Waals surface area (Å²) in [7, 11) is -4.03. The van der Waals surface area contributed by atoms with E-state index in [0.29, 0.717) is 18.3 Å². The van der Waals surface area contributed by atoms with Gasteiger partial charge in [0.15, 0.2) is 5.78 Å². The van der Waals surface area contributed by atoms with Gasteiger partial charge in [-0.25, -0.2) is 0 Å². The van der Waals surface area contributed by atoms with Gasteiger partial charge in [0, 0.05) is 5.41 Å². The molecule has 3 aliphatic rings. The fraction of sp³-hybridized carbons (Fsp3) is 0.579. The Bertz CT molecular complexity index is 920. The first kappa shape index (κ1) is 17.5. The minimum Gasteiger partial charge on any atom is -0.371 e. The molecule has 4 rings (SSSR count). The molecule has 0 spiro atoms. The van der Waals surface area contributed by atoms with Crippen molar-refractivity contribution in [2.45, 2.75) is 44.9 Å². The van der Waals surface area contributed by atoms with Crippen LogP contribution in [0.1, 0.15) is 49.7 Å². The van der Waals surface area contributed by atoms with Crippen molar-refractivity contribution in [3.63, 3.8) is 0 Å². The van der Waals surface area contributed by atoms with Crippen LogP contribution in [-0.4, -0.2) is 14.2 Å². The van der Waals surface area contributed by atoms with Gasteiger partial charge in [0.1, 0.15) is 11.7 Å². The predicted molar refractivity (Wildman–Crippen MR) is 94.3 cm³/mol. The zero-order valence-corrected chi connectivity index (χ0v) is 15.5. The van der Waals surface area contributed by atoms with E-state index >= 15 is 0 Å². The van der Waals surface area contributed by atoms with Gasteiger partial charge in [-0.05, 0) is 73.1 Å². The molecule has 26 heavy (non-hydrogen) atoms. The predicted octanol–water partition coefficient (Wildman–Crippen LogP) is 2.44. The number of nitrogens with two attached hydrogens (primary N) is 1. The third-order valence-corrected chi connectivity index (χ3v) is 7.25. The summed E-state index contributed by atoms with van der Waals surface area (Å²) in [5.74, 6) is 0.916. The minimum atomic E-state index is -4.03. The highest BCUT2D eigenvalue weighted by molar-refractivity contribution is 7.84. The van der Waals surface area contributed by atoms with Crippen LogP contribution in [0.25, 0.3) is 0 Å². The molecule has 0 heterocycles. The van der Waals surface area contributed by atoms with Crippen molar-refractivity contribution in [3.8, 4) is 11.8 Å². The number of aryl methyl sites for hydroxylation is 1. The molecule has 2 N–H and O–H groups in total. The van der Waals surface area contributed by atoms with Crippen LogP contribution in [0.2, 0.25) is 0 Å². The number of nitriles is 1. The molecule has 0 amide bonds. The Morgan fingerprint density at radius 1 is 1.35 bits per heavy atom. The van der Waals surface area contributed by atoms with E-state index in [1.165, 1.54) is 5.56 Å². The van der Waals surface area contributed by atoms with Crippen molar-refractivity contribution in [2.75, 3.05) is 0 Å². The lowest BCUT2D eigenvalue weighted by atomic mass is 9.55. The zero-order valence-electron chi connectivity index (χ0n) is 14.6. The number of benzene rings is 1. The molecular formula is C19H22N2O4S. The Kier molecular flexibility index (Phi) is 3.90. The summed E-state index contributed by atoms with van der Waals surface area (Å²) in [6, 6.07) is 7.56. The molecule has 0 aromatic heterocycles. The van der Waals surface area contributed by atoms with Crippen molar-refractivity contribution in [1.82, 2.24) is 0 Å². The van der Waals surface area contributed by atoms with Crippen molar-refractivity contribution >= 4 is 16.1 Å². The number of nitrogens with zero attached hydrogens (tertiary/aromatic N) is 1. The quantitative estimate of drug-likeness (QED) is 0.855. The topological polar surface area (TPSA) is 110 Å². The van der Waals surface area contributed by atoms with Gasteiger partial charge >= 0.3 is 10.3 Å². The Hall–Kier alpha value is -1.91. The highest BCUT2D eigenvalue weighted by Gasteiger charge is 2.58. The van der Waals surface area contributed by atoms with E-state index in [-0.39, 0.29) is 22.9 Å². The van der Waals surface area contributed by atoms with Gasteiger partial charge in [-0.3, -0.25) is 4.79 Å². The van der Waals surface area contributed by atoms with Crippen LogP contribution in [-0.2, 0) is 21.5 Å². The van der Waals surface area contributed by atoms with Gasteiger partial charge in [-0.2, -0.15) is 18.8 Å². The van der Waals surface area contributed by atoms with E-state index in [0.717, 1.165) is 31.2 Å². The van der Waals surface area contributed by atoms with Crippen LogP contribution in [0, 0.1) is 34.5 Å². The fourth-order valence-electron chi connectivity index (χ4n) is 5.68. The summed E-state index contributed by atoms with van der Waals surface area (Å²) >= 11 is 0. The first-order chi connectivity index (χ1) is 12.2. The van der Waals surface area contributed by atoms with Crippen LogP contribution in [0.5, 0.6) is 5.75 Å². The number of Topliss-reactive ketones (excluding diaryl/α,β-unsaturated/α-hetero) is 1. The van der Waals surface area contributed by atoms with Gasteiger partial charge < -0.3 is 4.18 Å². The molecular weight excluding hydrogens is 352 g/mol. The molecule has 0 aliphatic heterocycles. The molecule has 0 bridgehead atoms. The maximum Gasteiger partial charge on any atom is 0.380 e. The van der Waals surface area contributed by atoms with Crippen LogP contribution in [0.15, 0.2) is 18.2 Å². The molecule has 2 fully saturated rings. The van der Waals surface area contributed by atoms with Crippen molar-refractivity contribution in [3.05, 3.63) is 29.3 Å². The van der Waals surface area contributed by atoms with Gasteiger partial charge in [-0.15, -0.1) is 0 Å². The maximum absolute atomic E-state index is 12.7. The molecule has 6 nitrogen and oxygen atoms in total. The Morgan fingerprint density at radius 2 is 2.12 bits per heavy atom. The number of carbonyl (C=O) groups excluding carboxylic acids is 1. The normalized spacial score (nSPS) is 35.8. The Labute approximate surface area is 153 Å². The lowest BCUT2D eigenvalue weighted by Crippen LogP contribution is -2.42. The maximum atomic E-state index is 12.7. The first-order valence-electron chi connectivity index (χ1n) is 9.02. The number of fused-ring (bicyclic) bond motifs is 5. The minimum absolute atomic E-state index is 0.131. The lowest BCUT2D eigenvalue weighted by Gasteiger charge is -2.48. The van der Waals surface area contributed by atoms with Gasteiger partial charge in [0.05, 0.1) is 6.07 Å². The zero-order chi connectivity index (χ0) is 18.7. The van der Waals surface area contributed by atoms with Crippen molar-refractivity contribution in [2.24, 2.45) is 28.3 Å². The highest BCUT2D eigenvalue weighted by Crippen LogP contribution is 2.60. The van der Waals surface area contributed by atoms with E-state index in [9.17, 15) is 18.5 Å². The summed E-state index contributed by atoms with van der Waals surface area (Å²) < 4.78 is 27.1. The molecule has 5 atom stereocenters. The molecule has 2 saturated carbocycles. The Balaban J connectivity index is 1.65. The van der Waals surface area contributed by atoms with Crippen LogP contribution >= 0.6 is 0 Å². The standard InChI is InChI=1S/C19H22N2O4S/c1-19-7-6-15-14-5-3-13(25-26(21,23)24)8-11(14)2-4-16(15)17(19)9-12(10-20)18(19)22/h3,5,8,12,15-17H,2,4,6-7,9H2,1H3,(H2,21,23,24)/t12?,15?,16?,17?,19-/m0/s1. The van der Waals surface area contributed by atoms with Crippen LogP contribution < -0.4 is 9.32 Å². The first-order valence-corrected chi connectivity index (χ1v) is 10.5. The van der Waals surface area contributed by atoms with Crippen molar-refractivity contribution < 1.29 is 17.4 Å². The number of rotatable bonds is 2. The third-order valence-electron chi connectivity index (χ3n) is 6.82. The molecule has 4 unspecified atom stereocenters. The molecule has 138 valence electrons. The largest absolute Gasteiger partial charge is 0.380 e. The fourth-order valence-corrected chi connectivity index (χ4v) is 6.05. The average molecular weight is 374 g/mol. The number of carbonyl (C=O) groups is 1. The van der Waals surface area contributed by atoms with Crippen molar-refractivity contribution in [1.29, 1.82) is 5.26 Å². The third kappa shape index (κ3) is 2.63. The SMILES string of the molecule is C[C@]12CCC3c4ccc(OS(N)(=O)=O)cc4CCC3C1CC(C#N)C2=O. The van der Waals surface area contributed by atoms with E-state index < -0.39 is 16.2 Å². The van der Waals surface area contributed by atoms with E-state index in [1.54, 1.807) is 12.1 Å². The molecule has 3 aliphatic carbocycles. The van der Waals surface area contributed by atoms with E-state index in [4.69, 9.17) is 9.32 Å². The summed E-state index contributed by atoms with van der Waals surface area (Å²) in [5, 5.41) is 14.3. The second-order valence-electron chi connectivity index (χ2n) is 8.09. The summed E-state index contributed by atoms with van der Waals surface area (Å²) in [5.41, 5.74) is 1.95. The molecule has 0 saturated heterocycles. The summed E-state index contributed by atoms with van der Waals surface area (Å²) in [6.07, 6.45) is 4.17. The lowest BCUT2D eigenvalue weighted by molar-refractivity contribution is -0.130. The molecule has 7 heteroatoms. The number of hydrogen-bond acceptors (Lipinski definition) is 5. The molecule has 1 aromatic carbocycles. The Morgan fingerprint density at radius 3 is 2.81 bits per heavy atom. The second kappa shape index (κ2) is 5.80. The van der Waals surface area contributed by atoms with Gasteiger partial charge in [-0.1, -0.05) is 13.0 Å². The molecule has 1 aromatic rings. The summed E-state index contributed by atoms with van der Waals surface area (Å²) in [6.45, 7) is 2.05. The average Bonchev–Trinajstić information content (AvgIpc) is 2.84.